The number of hydrogen-bond donors (Lipinski definition) is 0. The number of benzene rings is 1. The number of allylic oxidation sites excluding steroid dienone is 1. The molecule has 0 radical (unpaired) electrons. The molecule has 1 aromatic rings. The predicted octanol–water partition coefficient (Wildman–Crippen LogP) is 4.20. The lowest BCUT2D eigenvalue weighted by molar-refractivity contribution is 0.133. The summed E-state index contributed by atoms with van der Waals surface area (Å²) in [7, 11) is -3.51. The normalized spacial score (nSPS) is 30.8. The first kappa shape index (κ1) is 16.9. The van der Waals surface area contributed by atoms with Crippen LogP contribution in [0.15, 0.2) is 41.5 Å². The van der Waals surface area contributed by atoms with Crippen LogP contribution in [0.2, 0.25) is 0 Å². The molecule has 3 aliphatic rings. The Morgan fingerprint density at radius 2 is 1.96 bits per heavy atom. The van der Waals surface area contributed by atoms with Crippen molar-refractivity contribution in [2.75, 3.05) is 6.54 Å². The van der Waals surface area contributed by atoms with Crippen LogP contribution in [0.25, 0.3) is 6.08 Å². The smallest absolute Gasteiger partial charge is 0.243 e. The van der Waals surface area contributed by atoms with Gasteiger partial charge in [-0.2, -0.15) is 4.31 Å². The highest BCUT2D eigenvalue weighted by Gasteiger charge is 2.53. The molecule has 0 N–H and O–H groups in total. The molecule has 4 nitrogen and oxygen atoms in total. The van der Waals surface area contributed by atoms with Gasteiger partial charge in [-0.1, -0.05) is 27.4 Å². The van der Waals surface area contributed by atoms with E-state index in [9.17, 15) is 8.42 Å². The number of hydrogen-bond acceptors (Lipinski definition) is 3. The van der Waals surface area contributed by atoms with Crippen LogP contribution in [-0.2, 0) is 10.0 Å². The van der Waals surface area contributed by atoms with Gasteiger partial charge in [0, 0.05) is 18.2 Å². The van der Waals surface area contributed by atoms with Crippen molar-refractivity contribution in [3.63, 3.8) is 0 Å². The van der Waals surface area contributed by atoms with Gasteiger partial charge in [0.2, 0.25) is 10.0 Å². The fraction of sp³-hybridized carbons (Fsp3) is 0.500. The Bertz CT molecular complexity index is 884. The molecule has 2 aliphatic heterocycles. The van der Waals surface area contributed by atoms with E-state index in [4.69, 9.17) is 4.74 Å². The molecule has 2 unspecified atom stereocenters. The lowest BCUT2D eigenvalue weighted by Gasteiger charge is -2.39. The fourth-order valence-corrected chi connectivity index (χ4v) is 6.90. The van der Waals surface area contributed by atoms with E-state index in [1.807, 2.05) is 6.08 Å². The number of nitrogens with zero attached hydrogens (tertiary/aromatic N) is 1. The third-order valence-electron chi connectivity index (χ3n) is 5.64. The first-order chi connectivity index (χ1) is 11.6. The van der Waals surface area contributed by atoms with Crippen LogP contribution in [0.3, 0.4) is 0 Å². The van der Waals surface area contributed by atoms with Gasteiger partial charge < -0.3 is 4.74 Å². The molecule has 5 heteroatoms. The first-order valence-electron chi connectivity index (χ1n) is 8.79. The van der Waals surface area contributed by atoms with Crippen LogP contribution in [0, 0.1) is 10.8 Å². The van der Waals surface area contributed by atoms with E-state index in [1.165, 1.54) is 0 Å². The summed E-state index contributed by atoms with van der Waals surface area (Å²) in [5.74, 6) is 1.21. The van der Waals surface area contributed by atoms with Crippen molar-refractivity contribution in [3.05, 3.63) is 42.2 Å². The maximum absolute atomic E-state index is 13.3. The average molecular weight is 359 g/mol. The molecular weight excluding hydrogens is 334 g/mol. The molecule has 0 amide bonds. The van der Waals surface area contributed by atoms with Gasteiger partial charge in [-0.25, -0.2) is 8.42 Å². The maximum Gasteiger partial charge on any atom is 0.243 e. The summed E-state index contributed by atoms with van der Waals surface area (Å²) >= 11 is 0. The van der Waals surface area contributed by atoms with Crippen LogP contribution in [0.5, 0.6) is 5.75 Å². The highest BCUT2D eigenvalue weighted by molar-refractivity contribution is 7.89. The van der Waals surface area contributed by atoms with E-state index in [-0.39, 0.29) is 16.9 Å². The van der Waals surface area contributed by atoms with Gasteiger partial charge in [0.25, 0.3) is 0 Å². The summed E-state index contributed by atoms with van der Waals surface area (Å²) < 4.78 is 33.9. The van der Waals surface area contributed by atoms with Crippen LogP contribution in [0.1, 0.15) is 45.6 Å². The Balaban J connectivity index is 1.70. The lowest BCUT2D eigenvalue weighted by atomic mass is 9.65. The maximum atomic E-state index is 13.3. The van der Waals surface area contributed by atoms with Crippen molar-refractivity contribution in [1.82, 2.24) is 4.31 Å². The Labute approximate surface area is 150 Å². The van der Waals surface area contributed by atoms with Crippen LogP contribution < -0.4 is 4.74 Å². The summed E-state index contributed by atoms with van der Waals surface area (Å²) in [6.07, 6.45) is 6.57. The molecule has 1 aromatic carbocycles. The second-order valence-corrected chi connectivity index (χ2v) is 10.8. The molecule has 2 atom stereocenters. The van der Waals surface area contributed by atoms with E-state index in [0.717, 1.165) is 24.8 Å². The van der Waals surface area contributed by atoms with Crippen molar-refractivity contribution in [1.29, 1.82) is 0 Å². The molecule has 2 bridgehead atoms. The summed E-state index contributed by atoms with van der Waals surface area (Å²) in [5, 5.41) is 0. The molecule has 0 aromatic heterocycles. The van der Waals surface area contributed by atoms with Crippen molar-refractivity contribution < 1.29 is 13.2 Å². The van der Waals surface area contributed by atoms with E-state index in [2.05, 4.69) is 27.4 Å². The van der Waals surface area contributed by atoms with Gasteiger partial charge in [0.05, 0.1) is 4.90 Å². The summed E-state index contributed by atoms with van der Waals surface area (Å²) in [4.78, 5) is 0.348. The Morgan fingerprint density at radius 3 is 2.72 bits per heavy atom. The monoisotopic (exact) mass is 359 g/mol. The summed E-state index contributed by atoms with van der Waals surface area (Å²) in [6.45, 7) is 11.1. The second-order valence-electron chi connectivity index (χ2n) is 8.87. The highest BCUT2D eigenvalue weighted by Crippen LogP contribution is 2.53. The van der Waals surface area contributed by atoms with Gasteiger partial charge in [0.15, 0.2) is 0 Å². The van der Waals surface area contributed by atoms with Crippen LogP contribution >= 0.6 is 0 Å². The zero-order valence-electron chi connectivity index (χ0n) is 15.1. The Kier molecular flexibility index (Phi) is 3.51. The van der Waals surface area contributed by atoms with Gasteiger partial charge in [0.1, 0.15) is 11.5 Å². The van der Waals surface area contributed by atoms with Crippen molar-refractivity contribution >= 4 is 16.1 Å². The number of sulfonamides is 1. The van der Waals surface area contributed by atoms with Crippen LogP contribution in [0.4, 0.5) is 0 Å². The molecule has 2 heterocycles. The first-order valence-corrected chi connectivity index (χ1v) is 10.2. The quantitative estimate of drug-likeness (QED) is 0.795. The average Bonchev–Trinajstić information content (AvgIpc) is 2.76. The molecule has 2 fully saturated rings. The summed E-state index contributed by atoms with van der Waals surface area (Å²) in [6, 6.07) is 5.19. The van der Waals surface area contributed by atoms with E-state index in [1.54, 1.807) is 28.6 Å². The van der Waals surface area contributed by atoms with Gasteiger partial charge >= 0.3 is 0 Å². The Morgan fingerprint density at radius 1 is 1.20 bits per heavy atom. The lowest BCUT2D eigenvalue weighted by Crippen LogP contribution is -2.37. The van der Waals surface area contributed by atoms with E-state index < -0.39 is 10.0 Å². The third-order valence-corrected chi connectivity index (χ3v) is 7.54. The summed E-state index contributed by atoms with van der Waals surface area (Å²) in [5.41, 5.74) is 1.05. The van der Waals surface area contributed by atoms with Crippen molar-refractivity contribution in [2.45, 2.75) is 51.0 Å². The second kappa shape index (κ2) is 5.21. The molecule has 134 valence electrons. The molecule has 1 saturated carbocycles. The fourth-order valence-electron chi connectivity index (χ4n) is 5.09. The molecule has 25 heavy (non-hydrogen) atoms. The minimum atomic E-state index is -3.51. The van der Waals surface area contributed by atoms with Crippen LogP contribution in [-0.4, -0.2) is 25.3 Å². The number of rotatable bonds is 2. The van der Waals surface area contributed by atoms with E-state index >= 15 is 0 Å². The van der Waals surface area contributed by atoms with Gasteiger partial charge in [-0.15, -0.1) is 0 Å². The standard InChI is InChI=1S/C20H25NO3S/c1-14-5-6-15-9-17(7-8-18(15)24-14)25(22,23)21-13-20(4)11-16(21)10-19(2,3)12-20/h5-9,16H,1,10-13H2,2-4H3. The molecule has 1 saturated heterocycles. The largest absolute Gasteiger partial charge is 0.457 e. The zero-order valence-corrected chi connectivity index (χ0v) is 15.9. The minimum Gasteiger partial charge on any atom is -0.457 e. The topological polar surface area (TPSA) is 46.6 Å². The molecular formula is C20H25NO3S. The third kappa shape index (κ3) is 2.83. The minimum absolute atomic E-state index is 0.0778. The molecule has 4 rings (SSSR count). The van der Waals surface area contributed by atoms with Gasteiger partial charge in [-0.3, -0.25) is 0 Å². The molecule has 0 spiro atoms. The zero-order chi connectivity index (χ0) is 18.0. The number of fused-ring (bicyclic) bond motifs is 3. The molecule has 1 aliphatic carbocycles. The number of ether oxygens (including phenoxy) is 1. The predicted molar refractivity (Wildman–Crippen MR) is 98.7 cm³/mol. The SMILES string of the molecule is C=C1C=Cc2cc(S(=O)(=O)N3CC4(C)CC3CC(C)(C)C4)ccc2O1. The van der Waals surface area contributed by atoms with Crippen molar-refractivity contribution in [2.24, 2.45) is 10.8 Å². The Hall–Kier alpha value is -1.59. The van der Waals surface area contributed by atoms with Gasteiger partial charge in [-0.05, 0) is 60.4 Å². The van der Waals surface area contributed by atoms with E-state index in [0.29, 0.717) is 22.9 Å². The van der Waals surface area contributed by atoms with Crippen molar-refractivity contribution in [3.8, 4) is 5.75 Å². The highest BCUT2D eigenvalue weighted by atomic mass is 32.2.